The first kappa shape index (κ1) is 22.2. The summed E-state index contributed by atoms with van der Waals surface area (Å²) < 4.78 is 16.5. The van der Waals surface area contributed by atoms with Gasteiger partial charge in [0.25, 0.3) is 0 Å². The van der Waals surface area contributed by atoms with E-state index in [0.717, 1.165) is 11.1 Å². The first-order chi connectivity index (χ1) is 16.1. The maximum atomic E-state index is 12.9. The number of carbonyl (C=O) groups excluding carboxylic acids is 1. The lowest BCUT2D eigenvalue weighted by atomic mass is 10.1. The van der Waals surface area contributed by atoms with E-state index >= 15 is 0 Å². The molecule has 1 unspecified atom stereocenters. The van der Waals surface area contributed by atoms with E-state index in [2.05, 4.69) is 20.8 Å². The van der Waals surface area contributed by atoms with Gasteiger partial charge in [-0.1, -0.05) is 41.9 Å². The number of ether oxygens (including phenoxy) is 2. The van der Waals surface area contributed by atoms with Gasteiger partial charge in [0, 0.05) is 16.7 Å². The van der Waals surface area contributed by atoms with Crippen LogP contribution in [0.3, 0.4) is 0 Å². The molecular formula is C24H21ClN4O4. The van der Waals surface area contributed by atoms with Crippen molar-refractivity contribution >= 4 is 23.3 Å². The highest BCUT2D eigenvalue weighted by Crippen LogP contribution is 2.30. The first-order valence-corrected chi connectivity index (χ1v) is 10.4. The second-order valence-electron chi connectivity index (χ2n) is 6.96. The van der Waals surface area contributed by atoms with E-state index in [1.165, 1.54) is 7.11 Å². The normalized spacial score (nSPS) is 11.5. The number of rotatable bonds is 7. The van der Waals surface area contributed by atoms with Crippen LogP contribution in [-0.4, -0.2) is 30.4 Å². The van der Waals surface area contributed by atoms with Crippen molar-refractivity contribution in [2.75, 3.05) is 19.5 Å². The molecule has 1 atom stereocenters. The third-order valence-electron chi connectivity index (χ3n) is 4.84. The molecule has 4 aromatic rings. The minimum atomic E-state index is -0.677. The SMILES string of the molecule is COc1ccc(NC(=O)NC(c2ccccc2)c2nnc(-c3ccc(Cl)cc3)o2)c(OC)c1. The zero-order valence-electron chi connectivity index (χ0n) is 17.9. The first-order valence-electron chi connectivity index (χ1n) is 10.0. The van der Waals surface area contributed by atoms with Crippen LogP contribution in [0.5, 0.6) is 11.5 Å². The van der Waals surface area contributed by atoms with Gasteiger partial charge in [0.1, 0.15) is 17.5 Å². The second-order valence-corrected chi connectivity index (χ2v) is 7.40. The molecule has 0 bridgehead atoms. The molecule has 8 nitrogen and oxygen atoms in total. The highest BCUT2D eigenvalue weighted by Gasteiger charge is 2.24. The minimum absolute atomic E-state index is 0.239. The average Bonchev–Trinajstić information content (AvgIpc) is 3.33. The number of halogens is 1. The van der Waals surface area contributed by atoms with E-state index in [9.17, 15) is 4.79 Å². The van der Waals surface area contributed by atoms with Crippen molar-refractivity contribution in [3.05, 3.63) is 89.3 Å². The molecule has 0 aliphatic rings. The predicted molar refractivity (Wildman–Crippen MR) is 125 cm³/mol. The Morgan fingerprint density at radius 1 is 0.970 bits per heavy atom. The summed E-state index contributed by atoms with van der Waals surface area (Å²) in [7, 11) is 3.07. The van der Waals surface area contributed by atoms with E-state index in [1.54, 1.807) is 49.6 Å². The van der Waals surface area contributed by atoms with Crippen molar-refractivity contribution in [3.63, 3.8) is 0 Å². The molecule has 168 valence electrons. The van der Waals surface area contributed by atoms with Gasteiger partial charge in [-0.25, -0.2) is 4.79 Å². The number of nitrogens with one attached hydrogen (secondary N) is 2. The number of anilines is 1. The number of methoxy groups -OCH3 is 2. The fraction of sp³-hybridized carbons (Fsp3) is 0.125. The third kappa shape index (κ3) is 5.24. The highest BCUT2D eigenvalue weighted by molar-refractivity contribution is 6.30. The molecule has 9 heteroatoms. The Balaban J connectivity index is 1.59. The molecule has 0 radical (unpaired) electrons. The van der Waals surface area contributed by atoms with Gasteiger partial charge in [0.05, 0.1) is 19.9 Å². The monoisotopic (exact) mass is 464 g/mol. The van der Waals surface area contributed by atoms with Crippen LogP contribution in [-0.2, 0) is 0 Å². The van der Waals surface area contributed by atoms with Crippen molar-refractivity contribution in [2.24, 2.45) is 0 Å². The number of aromatic nitrogens is 2. The lowest BCUT2D eigenvalue weighted by molar-refractivity contribution is 0.248. The molecule has 2 amide bonds. The number of hydrogen-bond donors (Lipinski definition) is 2. The van der Waals surface area contributed by atoms with Crippen LogP contribution in [0, 0.1) is 0 Å². The van der Waals surface area contributed by atoms with E-state index in [0.29, 0.717) is 28.1 Å². The number of amides is 2. The quantitative estimate of drug-likeness (QED) is 0.384. The van der Waals surface area contributed by atoms with E-state index in [4.69, 9.17) is 25.5 Å². The molecule has 33 heavy (non-hydrogen) atoms. The molecule has 0 spiro atoms. The summed E-state index contributed by atoms with van der Waals surface area (Å²) >= 11 is 5.96. The van der Waals surface area contributed by atoms with Gasteiger partial charge in [-0.15, -0.1) is 10.2 Å². The highest BCUT2D eigenvalue weighted by atomic mass is 35.5. The maximum absolute atomic E-state index is 12.9. The summed E-state index contributed by atoms with van der Waals surface area (Å²) in [6, 6.07) is 20.3. The summed E-state index contributed by atoms with van der Waals surface area (Å²) in [5.41, 5.74) is 1.98. The molecule has 0 aliphatic carbocycles. The number of benzene rings is 3. The molecule has 0 aliphatic heterocycles. The molecule has 0 saturated carbocycles. The third-order valence-corrected chi connectivity index (χ3v) is 5.10. The zero-order chi connectivity index (χ0) is 23.2. The standard InChI is InChI=1S/C24H21ClN4O4/c1-31-18-12-13-19(20(14-18)32-2)26-24(30)27-21(15-6-4-3-5-7-15)23-29-28-22(33-23)16-8-10-17(25)11-9-16/h3-14,21H,1-2H3,(H2,26,27,30). The molecule has 2 N–H and O–H groups in total. The van der Waals surface area contributed by atoms with Crippen LogP contribution < -0.4 is 20.1 Å². The Morgan fingerprint density at radius 2 is 1.73 bits per heavy atom. The van der Waals surface area contributed by atoms with Gasteiger partial charge < -0.3 is 24.5 Å². The van der Waals surface area contributed by atoms with Gasteiger partial charge in [-0.2, -0.15) is 0 Å². The average molecular weight is 465 g/mol. The molecule has 4 rings (SSSR count). The van der Waals surface area contributed by atoms with Crippen LogP contribution in [0.4, 0.5) is 10.5 Å². The predicted octanol–water partition coefficient (Wildman–Crippen LogP) is 5.32. The molecule has 3 aromatic carbocycles. The number of carbonyl (C=O) groups is 1. The van der Waals surface area contributed by atoms with Crippen molar-refractivity contribution < 1.29 is 18.7 Å². The lowest BCUT2D eigenvalue weighted by Crippen LogP contribution is -2.33. The summed E-state index contributed by atoms with van der Waals surface area (Å²) in [4.78, 5) is 12.9. The minimum Gasteiger partial charge on any atom is -0.497 e. The van der Waals surface area contributed by atoms with Crippen molar-refractivity contribution in [1.82, 2.24) is 15.5 Å². The topological polar surface area (TPSA) is 98.5 Å². The van der Waals surface area contributed by atoms with Crippen LogP contribution in [0.2, 0.25) is 5.02 Å². The molecule has 1 heterocycles. The summed E-state index contributed by atoms with van der Waals surface area (Å²) in [5, 5.41) is 14.6. The number of hydrogen-bond acceptors (Lipinski definition) is 6. The Morgan fingerprint density at radius 3 is 2.42 bits per heavy atom. The smallest absolute Gasteiger partial charge is 0.320 e. The van der Waals surface area contributed by atoms with Gasteiger partial charge in [0.2, 0.25) is 11.8 Å². The Hall–Kier alpha value is -4.04. The Kier molecular flexibility index (Phi) is 6.75. The summed E-state index contributed by atoms with van der Waals surface area (Å²) in [6.45, 7) is 0. The lowest BCUT2D eigenvalue weighted by Gasteiger charge is -2.17. The number of urea groups is 1. The van der Waals surface area contributed by atoms with Gasteiger partial charge in [-0.3, -0.25) is 0 Å². The molecule has 0 saturated heterocycles. The van der Waals surface area contributed by atoms with Crippen LogP contribution in [0.25, 0.3) is 11.5 Å². The van der Waals surface area contributed by atoms with Crippen LogP contribution in [0.1, 0.15) is 17.5 Å². The number of nitrogens with zero attached hydrogens (tertiary/aromatic N) is 2. The summed E-state index contributed by atoms with van der Waals surface area (Å²) in [5.74, 6) is 1.63. The molecular weight excluding hydrogens is 444 g/mol. The van der Waals surface area contributed by atoms with Crippen LogP contribution >= 0.6 is 11.6 Å². The van der Waals surface area contributed by atoms with Crippen molar-refractivity contribution in [2.45, 2.75) is 6.04 Å². The van der Waals surface area contributed by atoms with Crippen molar-refractivity contribution in [3.8, 4) is 23.0 Å². The fourth-order valence-corrected chi connectivity index (χ4v) is 3.31. The van der Waals surface area contributed by atoms with E-state index in [-0.39, 0.29) is 5.89 Å². The van der Waals surface area contributed by atoms with Crippen molar-refractivity contribution in [1.29, 1.82) is 0 Å². The largest absolute Gasteiger partial charge is 0.497 e. The van der Waals surface area contributed by atoms with E-state index < -0.39 is 12.1 Å². The second kappa shape index (κ2) is 10.1. The van der Waals surface area contributed by atoms with E-state index in [1.807, 2.05) is 30.3 Å². The van der Waals surface area contributed by atoms with Gasteiger partial charge >= 0.3 is 6.03 Å². The summed E-state index contributed by atoms with van der Waals surface area (Å²) in [6.07, 6.45) is 0. The van der Waals surface area contributed by atoms with Crippen LogP contribution in [0.15, 0.2) is 77.2 Å². The fourth-order valence-electron chi connectivity index (χ4n) is 3.18. The Bertz CT molecular complexity index is 1230. The van der Waals surface area contributed by atoms with Gasteiger partial charge in [0.15, 0.2) is 0 Å². The maximum Gasteiger partial charge on any atom is 0.320 e. The molecule has 0 fully saturated rings. The Labute approximate surface area is 195 Å². The van der Waals surface area contributed by atoms with Gasteiger partial charge in [-0.05, 0) is 42.0 Å². The molecule has 1 aromatic heterocycles. The zero-order valence-corrected chi connectivity index (χ0v) is 18.7.